The van der Waals surface area contributed by atoms with Crippen LogP contribution in [0, 0.1) is 0 Å². The van der Waals surface area contributed by atoms with Gasteiger partial charge in [-0.1, -0.05) is 6.07 Å². The van der Waals surface area contributed by atoms with Gasteiger partial charge in [0.15, 0.2) is 5.78 Å². The average Bonchev–Trinajstić information content (AvgIpc) is 2.68. The predicted molar refractivity (Wildman–Crippen MR) is 98.7 cm³/mol. The number of quaternary nitrogens is 1. The summed E-state index contributed by atoms with van der Waals surface area (Å²) in [6.45, 7) is 6.40. The number of carbonyl (C=O) groups is 1. The van der Waals surface area contributed by atoms with Crippen molar-refractivity contribution in [3.05, 3.63) is 54.2 Å². The highest BCUT2D eigenvalue weighted by Crippen LogP contribution is 2.12. The number of piperazine rings is 1. The molecule has 0 spiro atoms. The van der Waals surface area contributed by atoms with Crippen LogP contribution in [0.5, 0.6) is 5.75 Å². The first kappa shape index (κ1) is 18.4. The normalized spacial score (nSPS) is 16.3. The van der Waals surface area contributed by atoms with Crippen LogP contribution in [0.25, 0.3) is 0 Å². The Morgan fingerprint density at radius 1 is 1.23 bits per heavy atom. The Kier molecular flexibility index (Phi) is 6.20. The van der Waals surface area contributed by atoms with E-state index in [1.54, 1.807) is 24.3 Å². The maximum atomic E-state index is 11.3. The number of nitrogens with zero attached hydrogens (tertiary/aromatic N) is 1. The average molecular weight is 357 g/mol. The van der Waals surface area contributed by atoms with Crippen LogP contribution in [-0.4, -0.2) is 56.3 Å². The number of aliphatic hydroxyl groups is 1. The minimum Gasteiger partial charge on any atom is -0.491 e. The van der Waals surface area contributed by atoms with Crippen LogP contribution in [0.4, 0.5) is 5.82 Å². The molecule has 138 valence electrons. The van der Waals surface area contributed by atoms with Crippen LogP contribution in [0.1, 0.15) is 17.3 Å². The van der Waals surface area contributed by atoms with Gasteiger partial charge in [-0.15, -0.1) is 0 Å². The van der Waals surface area contributed by atoms with Crippen LogP contribution in [0.15, 0.2) is 48.7 Å². The molecule has 0 bridgehead atoms. The first-order chi connectivity index (χ1) is 12.6. The van der Waals surface area contributed by atoms with Crippen molar-refractivity contribution in [3.63, 3.8) is 0 Å². The number of Topliss-reactive ketones (excluding diaryl/α,β-unsaturated/α-hetero) is 1. The van der Waals surface area contributed by atoms with Gasteiger partial charge in [0, 0.05) is 11.6 Å². The Morgan fingerprint density at radius 2 is 1.96 bits per heavy atom. The van der Waals surface area contributed by atoms with Gasteiger partial charge in [-0.3, -0.25) is 9.69 Å². The Morgan fingerprint density at radius 3 is 2.58 bits per heavy atom. The third-order valence-electron chi connectivity index (χ3n) is 4.73. The Labute approximate surface area is 154 Å². The third-order valence-corrected chi connectivity index (χ3v) is 4.73. The second-order valence-corrected chi connectivity index (χ2v) is 6.73. The number of aromatic nitrogens is 1. The fraction of sp³-hybridized carbons (Fsp3) is 0.400. The van der Waals surface area contributed by atoms with Crippen molar-refractivity contribution in [1.29, 1.82) is 0 Å². The number of hydrogen-bond acceptors (Lipinski definition) is 4. The van der Waals surface area contributed by atoms with Gasteiger partial charge in [-0.25, -0.2) is 4.98 Å². The van der Waals surface area contributed by atoms with E-state index >= 15 is 0 Å². The minimum atomic E-state index is -0.507. The summed E-state index contributed by atoms with van der Waals surface area (Å²) in [6.07, 6.45) is 1.44. The Bertz CT molecular complexity index is 698. The molecule has 2 heterocycles. The zero-order valence-corrected chi connectivity index (χ0v) is 15.1. The maximum Gasteiger partial charge on any atom is 0.274 e. The fourth-order valence-electron chi connectivity index (χ4n) is 3.22. The van der Waals surface area contributed by atoms with Crippen molar-refractivity contribution in [2.75, 3.05) is 44.2 Å². The smallest absolute Gasteiger partial charge is 0.274 e. The van der Waals surface area contributed by atoms with E-state index in [-0.39, 0.29) is 12.4 Å². The highest BCUT2D eigenvalue weighted by atomic mass is 16.5. The van der Waals surface area contributed by atoms with Crippen LogP contribution in [-0.2, 0) is 0 Å². The molecule has 1 aliphatic heterocycles. The molecule has 0 amide bonds. The van der Waals surface area contributed by atoms with E-state index in [2.05, 4.69) is 16.0 Å². The largest absolute Gasteiger partial charge is 0.491 e. The second kappa shape index (κ2) is 8.78. The van der Waals surface area contributed by atoms with Crippen LogP contribution in [0.2, 0.25) is 0 Å². The molecule has 6 nitrogen and oxygen atoms in total. The van der Waals surface area contributed by atoms with Crippen molar-refractivity contribution in [2.24, 2.45) is 0 Å². The highest BCUT2D eigenvalue weighted by Gasteiger charge is 2.27. The SMILES string of the molecule is CC(=O)c1ccc(OC[C@H](O)C[NH+]2CCN(c3cccc[nH+]3)CC2)cc1. The predicted octanol–water partition coefficient (Wildman–Crippen LogP) is -0.152. The molecule has 0 radical (unpaired) electrons. The number of H-pyrrole nitrogens is 1. The fourth-order valence-corrected chi connectivity index (χ4v) is 3.22. The van der Waals surface area contributed by atoms with Gasteiger partial charge in [-0.05, 0) is 37.3 Å². The van der Waals surface area contributed by atoms with Gasteiger partial charge in [0.25, 0.3) is 5.82 Å². The maximum absolute atomic E-state index is 11.3. The van der Waals surface area contributed by atoms with Gasteiger partial charge in [-0.2, -0.15) is 0 Å². The molecule has 3 N–H and O–H groups in total. The summed E-state index contributed by atoms with van der Waals surface area (Å²) in [5.74, 6) is 1.85. The van der Waals surface area contributed by atoms with Crippen LogP contribution >= 0.6 is 0 Å². The lowest BCUT2D eigenvalue weighted by Crippen LogP contribution is -3.16. The summed E-state index contributed by atoms with van der Waals surface area (Å²) >= 11 is 0. The first-order valence-electron chi connectivity index (χ1n) is 9.09. The molecule has 0 unspecified atom stereocenters. The van der Waals surface area contributed by atoms with Gasteiger partial charge >= 0.3 is 0 Å². The number of hydrogen-bond donors (Lipinski definition) is 2. The van der Waals surface area contributed by atoms with Gasteiger partial charge in [0.2, 0.25) is 0 Å². The van der Waals surface area contributed by atoms with Gasteiger partial charge in [0.05, 0.1) is 6.20 Å². The molecular formula is C20H27N3O3+2. The molecular weight excluding hydrogens is 330 g/mol. The van der Waals surface area contributed by atoms with Gasteiger partial charge < -0.3 is 14.7 Å². The molecule has 26 heavy (non-hydrogen) atoms. The quantitative estimate of drug-likeness (QED) is 0.676. The summed E-state index contributed by atoms with van der Waals surface area (Å²) in [6, 6.07) is 13.1. The van der Waals surface area contributed by atoms with Crippen molar-refractivity contribution < 1.29 is 24.5 Å². The molecule has 1 saturated heterocycles. The zero-order valence-electron chi connectivity index (χ0n) is 15.1. The van der Waals surface area contributed by atoms with E-state index in [1.807, 2.05) is 18.3 Å². The molecule has 0 saturated carbocycles. The highest BCUT2D eigenvalue weighted by molar-refractivity contribution is 5.94. The van der Waals surface area contributed by atoms with Crippen molar-refractivity contribution in [3.8, 4) is 5.75 Å². The van der Waals surface area contributed by atoms with E-state index in [0.717, 1.165) is 32.0 Å². The topological polar surface area (TPSA) is 68.3 Å². The number of benzene rings is 1. The second-order valence-electron chi connectivity index (χ2n) is 6.73. The minimum absolute atomic E-state index is 0.0347. The van der Waals surface area contributed by atoms with E-state index in [4.69, 9.17) is 4.74 Å². The van der Waals surface area contributed by atoms with Crippen molar-refractivity contribution >= 4 is 11.6 Å². The van der Waals surface area contributed by atoms with E-state index < -0.39 is 6.10 Å². The number of nitrogens with one attached hydrogen (secondary N) is 2. The van der Waals surface area contributed by atoms with Crippen molar-refractivity contribution in [1.82, 2.24) is 0 Å². The van der Waals surface area contributed by atoms with Gasteiger partial charge in [0.1, 0.15) is 51.2 Å². The molecule has 0 aliphatic carbocycles. The van der Waals surface area contributed by atoms with E-state index in [0.29, 0.717) is 17.9 Å². The molecule has 1 aromatic carbocycles. The number of ketones is 1. The molecule has 1 aliphatic rings. The summed E-state index contributed by atoms with van der Waals surface area (Å²) in [5, 5.41) is 10.3. The summed E-state index contributed by atoms with van der Waals surface area (Å²) in [7, 11) is 0. The van der Waals surface area contributed by atoms with Crippen LogP contribution in [0.3, 0.4) is 0 Å². The molecule has 1 atom stereocenters. The lowest BCUT2D eigenvalue weighted by Gasteiger charge is -2.29. The number of aliphatic hydroxyl groups excluding tert-OH is 1. The van der Waals surface area contributed by atoms with Crippen LogP contribution < -0.4 is 19.5 Å². The molecule has 6 heteroatoms. The Hall–Kier alpha value is -2.44. The first-order valence-corrected chi connectivity index (χ1v) is 9.09. The van der Waals surface area contributed by atoms with E-state index in [9.17, 15) is 9.90 Å². The number of rotatable bonds is 7. The lowest BCUT2D eigenvalue weighted by atomic mass is 10.1. The van der Waals surface area contributed by atoms with E-state index in [1.165, 1.54) is 11.8 Å². The molecule has 2 aromatic rings. The zero-order chi connectivity index (χ0) is 18.4. The van der Waals surface area contributed by atoms with Crippen molar-refractivity contribution in [2.45, 2.75) is 13.0 Å². The number of aromatic amines is 1. The lowest BCUT2D eigenvalue weighted by molar-refractivity contribution is -0.903. The molecule has 1 aromatic heterocycles. The number of carbonyl (C=O) groups excluding carboxylic acids is 1. The summed E-state index contributed by atoms with van der Waals surface area (Å²) in [4.78, 5) is 18.3. The number of ether oxygens (including phenoxy) is 1. The molecule has 1 fully saturated rings. The summed E-state index contributed by atoms with van der Waals surface area (Å²) < 4.78 is 5.64. The number of anilines is 1. The Balaban J connectivity index is 1.40. The summed E-state index contributed by atoms with van der Waals surface area (Å²) in [5.41, 5.74) is 0.663. The number of pyridine rings is 1. The molecule has 3 rings (SSSR count). The standard InChI is InChI=1S/C20H25N3O3/c1-16(24)17-5-7-19(8-6-17)26-15-18(25)14-22-10-12-23(13-11-22)20-4-2-3-9-21-20/h2-9,18,25H,10-15H2,1H3/p+2/t18-/m1/s1. The third kappa shape index (κ3) is 5.03. The monoisotopic (exact) mass is 357 g/mol.